The van der Waals surface area contributed by atoms with Crippen molar-refractivity contribution in [2.75, 3.05) is 5.32 Å². The number of hydrogen-bond acceptors (Lipinski definition) is 3. The topological polar surface area (TPSA) is 38.3 Å². The molecule has 0 atom stereocenters. The first-order chi connectivity index (χ1) is 12.7. The molecule has 0 aliphatic rings. The zero-order valence-electron chi connectivity index (χ0n) is 14.1. The van der Waals surface area contributed by atoms with E-state index in [1.165, 1.54) is 0 Å². The van der Waals surface area contributed by atoms with Crippen LogP contribution in [0.4, 0.5) is 5.69 Å². The zero-order valence-corrected chi connectivity index (χ0v) is 14.1. The van der Waals surface area contributed by atoms with Crippen LogP contribution in [0.15, 0.2) is 97.2 Å². The first-order valence-electron chi connectivity index (χ1n) is 8.35. The molecule has 0 aromatic heterocycles. The van der Waals surface area contributed by atoms with Crippen LogP contribution in [0.3, 0.4) is 0 Å². The number of ether oxygens (including phenoxy) is 1. The molecule has 4 rings (SSSR count). The van der Waals surface area contributed by atoms with Gasteiger partial charge in [0.15, 0.2) is 0 Å². The van der Waals surface area contributed by atoms with E-state index in [0.717, 1.165) is 27.2 Å². The Morgan fingerprint density at radius 1 is 0.769 bits per heavy atom. The maximum atomic E-state index is 12.4. The number of carbonyl (C=O) groups excluding carboxylic acids is 1. The molecule has 1 N–H and O–H groups in total. The van der Waals surface area contributed by atoms with Crippen molar-refractivity contribution < 1.29 is 9.53 Å². The highest BCUT2D eigenvalue weighted by Gasteiger charge is 2.12. The van der Waals surface area contributed by atoms with E-state index in [9.17, 15) is 4.79 Å². The number of benzene rings is 4. The molecule has 0 radical (unpaired) electrons. The molecule has 3 nitrogen and oxygen atoms in total. The van der Waals surface area contributed by atoms with Crippen LogP contribution in [0.2, 0.25) is 0 Å². The summed E-state index contributed by atoms with van der Waals surface area (Å²) in [5.74, 6) is 0.0177. The first kappa shape index (κ1) is 15.9. The Bertz CT molecular complexity index is 1130. The molecule has 3 heteroatoms. The summed E-state index contributed by atoms with van der Waals surface area (Å²) in [7, 11) is 0. The van der Waals surface area contributed by atoms with Gasteiger partial charge in [0.25, 0.3) is 0 Å². The lowest BCUT2D eigenvalue weighted by molar-refractivity contribution is -0.129. The predicted molar refractivity (Wildman–Crippen MR) is 106 cm³/mol. The molecule has 0 aliphatic carbocycles. The SMILES string of the molecule is C=C(Nc1ccc2ccccc2c1)C(=O)Oc1cccc2ccccc12. The van der Waals surface area contributed by atoms with E-state index in [-0.39, 0.29) is 5.70 Å². The van der Waals surface area contributed by atoms with E-state index in [0.29, 0.717) is 5.75 Å². The fraction of sp³-hybridized carbons (Fsp3) is 0. The number of carbonyl (C=O) groups is 1. The normalized spacial score (nSPS) is 10.6. The van der Waals surface area contributed by atoms with Crippen molar-refractivity contribution in [2.24, 2.45) is 0 Å². The molecule has 0 saturated heterocycles. The van der Waals surface area contributed by atoms with E-state index in [1.807, 2.05) is 78.9 Å². The lowest BCUT2D eigenvalue weighted by atomic mass is 10.1. The molecule has 0 spiro atoms. The number of esters is 1. The van der Waals surface area contributed by atoms with Crippen molar-refractivity contribution in [3.8, 4) is 5.75 Å². The van der Waals surface area contributed by atoms with Gasteiger partial charge in [-0.25, -0.2) is 4.79 Å². The molecule has 126 valence electrons. The van der Waals surface area contributed by atoms with Gasteiger partial charge in [-0.15, -0.1) is 0 Å². The van der Waals surface area contributed by atoms with Crippen LogP contribution in [0.5, 0.6) is 5.75 Å². The Kier molecular flexibility index (Phi) is 4.12. The van der Waals surface area contributed by atoms with Gasteiger partial charge in [-0.3, -0.25) is 0 Å². The predicted octanol–water partition coefficient (Wildman–Crippen LogP) is 5.52. The van der Waals surface area contributed by atoms with E-state index in [1.54, 1.807) is 6.07 Å². The Hall–Kier alpha value is -3.59. The van der Waals surface area contributed by atoms with Crippen LogP contribution in [-0.4, -0.2) is 5.97 Å². The molecule has 4 aromatic carbocycles. The highest BCUT2D eigenvalue weighted by atomic mass is 16.5. The fourth-order valence-electron chi connectivity index (χ4n) is 2.94. The van der Waals surface area contributed by atoms with Crippen molar-refractivity contribution in [1.82, 2.24) is 0 Å². The van der Waals surface area contributed by atoms with Gasteiger partial charge >= 0.3 is 5.97 Å². The molecular formula is C23H17NO2. The minimum absolute atomic E-state index is 0.188. The van der Waals surface area contributed by atoms with Crippen molar-refractivity contribution in [1.29, 1.82) is 0 Å². The van der Waals surface area contributed by atoms with Crippen molar-refractivity contribution in [3.63, 3.8) is 0 Å². The summed E-state index contributed by atoms with van der Waals surface area (Å²) < 4.78 is 5.55. The smallest absolute Gasteiger partial charge is 0.359 e. The zero-order chi connectivity index (χ0) is 17.9. The molecule has 0 bridgehead atoms. The van der Waals surface area contributed by atoms with E-state index >= 15 is 0 Å². The standard InChI is InChI=1S/C23H17NO2/c1-16(24-20-14-13-17-7-2-3-9-19(17)15-20)23(25)26-22-12-6-10-18-8-4-5-11-21(18)22/h2-15,24H,1H2. The summed E-state index contributed by atoms with van der Waals surface area (Å²) in [4.78, 5) is 12.4. The number of hydrogen-bond donors (Lipinski definition) is 1. The Morgan fingerprint density at radius 3 is 2.31 bits per heavy atom. The number of nitrogens with one attached hydrogen (secondary N) is 1. The van der Waals surface area contributed by atoms with Gasteiger partial charge in [-0.2, -0.15) is 0 Å². The highest BCUT2D eigenvalue weighted by molar-refractivity contribution is 5.97. The van der Waals surface area contributed by atoms with Gasteiger partial charge in [-0.05, 0) is 34.4 Å². The molecule has 4 aromatic rings. The van der Waals surface area contributed by atoms with Crippen molar-refractivity contribution >= 4 is 33.2 Å². The summed E-state index contributed by atoms with van der Waals surface area (Å²) in [5, 5.41) is 7.17. The van der Waals surface area contributed by atoms with Crippen LogP contribution in [0, 0.1) is 0 Å². The minimum atomic E-state index is -0.505. The van der Waals surface area contributed by atoms with Crippen LogP contribution in [-0.2, 0) is 4.79 Å². The average molecular weight is 339 g/mol. The third-order valence-electron chi connectivity index (χ3n) is 4.24. The van der Waals surface area contributed by atoms with Crippen molar-refractivity contribution in [3.05, 3.63) is 97.2 Å². The molecule has 0 heterocycles. The van der Waals surface area contributed by atoms with Crippen LogP contribution >= 0.6 is 0 Å². The van der Waals surface area contributed by atoms with Crippen LogP contribution in [0.1, 0.15) is 0 Å². The molecule has 26 heavy (non-hydrogen) atoms. The average Bonchev–Trinajstić information content (AvgIpc) is 2.68. The monoisotopic (exact) mass is 339 g/mol. The van der Waals surface area contributed by atoms with Gasteiger partial charge in [-0.1, -0.05) is 73.3 Å². The number of rotatable bonds is 4. The van der Waals surface area contributed by atoms with E-state index in [4.69, 9.17) is 4.74 Å². The third-order valence-corrected chi connectivity index (χ3v) is 4.24. The van der Waals surface area contributed by atoms with Gasteiger partial charge in [0.2, 0.25) is 0 Å². The number of anilines is 1. The maximum Gasteiger partial charge on any atom is 0.359 e. The van der Waals surface area contributed by atoms with E-state index < -0.39 is 5.97 Å². The molecule has 0 fully saturated rings. The Morgan fingerprint density at radius 2 is 1.46 bits per heavy atom. The van der Waals surface area contributed by atoms with Gasteiger partial charge in [0.05, 0.1) is 0 Å². The fourth-order valence-corrected chi connectivity index (χ4v) is 2.94. The lowest BCUT2D eigenvalue weighted by Crippen LogP contribution is -2.16. The van der Waals surface area contributed by atoms with Gasteiger partial charge < -0.3 is 10.1 Å². The molecule has 0 unspecified atom stereocenters. The second-order valence-corrected chi connectivity index (χ2v) is 6.03. The largest absolute Gasteiger partial charge is 0.421 e. The molecule has 0 saturated carbocycles. The van der Waals surface area contributed by atoms with Crippen LogP contribution in [0.25, 0.3) is 21.5 Å². The van der Waals surface area contributed by atoms with Gasteiger partial charge in [0.1, 0.15) is 11.4 Å². The Labute approximate surface area is 151 Å². The quantitative estimate of drug-likeness (QED) is 0.302. The minimum Gasteiger partial charge on any atom is -0.421 e. The van der Waals surface area contributed by atoms with Gasteiger partial charge in [0, 0.05) is 11.1 Å². The Balaban J connectivity index is 1.53. The summed E-state index contributed by atoms with van der Waals surface area (Å²) >= 11 is 0. The lowest BCUT2D eigenvalue weighted by Gasteiger charge is -2.11. The van der Waals surface area contributed by atoms with Crippen molar-refractivity contribution in [2.45, 2.75) is 0 Å². The summed E-state index contributed by atoms with van der Waals surface area (Å²) in [6.45, 7) is 3.82. The summed E-state index contributed by atoms with van der Waals surface area (Å²) in [5.41, 5.74) is 0.983. The second kappa shape index (κ2) is 6.73. The van der Waals surface area contributed by atoms with Crippen LogP contribution < -0.4 is 10.1 Å². The summed E-state index contributed by atoms with van der Waals surface area (Å²) in [6.07, 6.45) is 0. The summed E-state index contributed by atoms with van der Waals surface area (Å²) in [6, 6.07) is 27.3. The molecule has 0 aliphatic heterocycles. The maximum absolute atomic E-state index is 12.4. The third kappa shape index (κ3) is 3.15. The molecular weight excluding hydrogens is 322 g/mol. The first-order valence-corrected chi connectivity index (χ1v) is 8.35. The number of fused-ring (bicyclic) bond motifs is 2. The van der Waals surface area contributed by atoms with E-state index in [2.05, 4.69) is 11.9 Å². The second-order valence-electron chi connectivity index (χ2n) is 6.03. The molecule has 0 amide bonds. The highest BCUT2D eigenvalue weighted by Crippen LogP contribution is 2.26.